The summed E-state index contributed by atoms with van der Waals surface area (Å²) in [7, 11) is 1.54. The molecular formula is C13H20N2O3S. The lowest BCUT2D eigenvalue weighted by molar-refractivity contribution is -0.142. The summed E-state index contributed by atoms with van der Waals surface area (Å²) >= 11 is 1.59. The maximum Gasteiger partial charge on any atom is 0.326 e. The largest absolute Gasteiger partial charge is 0.480 e. The van der Waals surface area contributed by atoms with Crippen LogP contribution in [0.2, 0.25) is 0 Å². The Morgan fingerprint density at radius 1 is 1.42 bits per heavy atom. The van der Waals surface area contributed by atoms with E-state index in [1.165, 1.54) is 4.90 Å². The predicted molar refractivity (Wildman–Crippen MR) is 75.3 cm³/mol. The number of hydrogen-bond acceptors (Lipinski definition) is 3. The summed E-state index contributed by atoms with van der Waals surface area (Å²) in [5.41, 5.74) is 0. The molecule has 0 radical (unpaired) electrons. The highest BCUT2D eigenvalue weighted by Gasteiger charge is 2.27. The Hall–Kier alpha value is -1.56. The Bertz CT molecular complexity index is 420. The molecule has 0 saturated carbocycles. The Kier molecular flexibility index (Phi) is 5.82. The highest BCUT2D eigenvalue weighted by atomic mass is 32.1. The average molecular weight is 284 g/mol. The van der Waals surface area contributed by atoms with Gasteiger partial charge in [-0.1, -0.05) is 13.0 Å². The Morgan fingerprint density at radius 3 is 2.53 bits per heavy atom. The first-order valence-electron chi connectivity index (χ1n) is 6.28. The van der Waals surface area contributed by atoms with Gasteiger partial charge in [0.05, 0.1) is 6.54 Å². The van der Waals surface area contributed by atoms with Crippen molar-refractivity contribution in [1.29, 1.82) is 0 Å². The average Bonchev–Trinajstić information content (AvgIpc) is 2.88. The third-order valence-corrected chi connectivity index (χ3v) is 3.88. The molecule has 106 valence electrons. The standard InChI is InChI=1S/C13H20N2O3S/c1-4-11(12(16)17)14(3)13(18)15(5-2)9-10-7-6-8-19-10/h6-8,11H,4-5,9H2,1-3H3,(H,16,17). The molecule has 5 nitrogen and oxygen atoms in total. The van der Waals surface area contributed by atoms with Crippen molar-refractivity contribution in [2.75, 3.05) is 13.6 Å². The minimum atomic E-state index is -0.967. The number of amides is 2. The van der Waals surface area contributed by atoms with Crippen molar-refractivity contribution in [1.82, 2.24) is 9.80 Å². The van der Waals surface area contributed by atoms with E-state index in [2.05, 4.69) is 0 Å². The summed E-state index contributed by atoms with van der Waals surface area (Å²) in [4.78, 5) is 27.4. The van der Waals surface area contributed by atoms with E-state index < -0.39 is 12.0 Å². The van der Waals surface area contributed by atoms with Crippen LogP contribution >= 0.6 is 11.3 Å². The van der Waals surface area contributed by atoms with Crippen molar-refractivity contribution < 1.29 is 14.7 Å². The zero-order chi connectivity index (χ0) is 14.4. The molecule has 1 heterocycles. The first-order valence-corrected chi connectivity index (χ1v) is 7.16. The van der Waals surface area contributed by atoms with Gasteiger partial charge in [-0.05, 0) is 24.8 Å². The third kappa shape index (κ3) is 3.96. The van der Waals surface area contributed by atoms with Gasteiger partial charge in [0.25, 0.3) is 0 Å². The molecule has 0 aromatic carbocycles. The number of urea groups is 1. The second kappa shape index (κ2) is 7.13. The van der Waals surface area contributed by atoms with Crippen LogP contribution in [0.25, 0.3) is 0 Å². The Labute approximate surface area is 117 Å². The van der Waals surface area contributed by atoms with E-state index in [1.807, 2.05) is 24.4 Å². The Morgan fingerprint density at radius 2 is 2.11 bits per heavy atom. The molecule has 1 rings (SSSR count). The van der Waals surface area contributed by atoms with E-state index in [1.54, 1.807) is 30.2 Å². The van der Waals surface area contributed by atoms with E-state index in [-0.39, 0.29) is 6.03 Å². The van der Waals surface area contributed by atoms with E-state index in [4.69, 9.17) is 5.11 Å². The van der Waals surface area contributed by atoms with Gasteiger partial charge in [-0.3, -0.25) is 0 Å². The highest BCUT2D eigenvalue weighted by Crippen LogP contribution is 2.14. The van der Waals surface area contributed by atoms with Gasteiger partial charge in [-0.25, -0.2) is 9.59 Å². The van der Waals surface area contributed by atoms with Crippen molar-refractivity contribution in [3.63, 3.8) is 0 Å². The summed E-state index contributed by atoms with van der Waals surface area (Å²) in [5.74, 6) is -0.967. The van der Waals surface area contributed by atoms with Crippen molar-refractivity contribution in [3.8, 4) is 0 Å². The van der Waals surface area contributed by atoms with E-state index in [0.717, 1.165) is 4.88 Å². The van der Waals surface area contributed by atoms with Crippen LogP contribution in [0.15, 0.2) is 17.5 Å². The highest BCUT2D eigenvalue weighted by molar-refractivity contribution is 7.09. The van der Waals surface area contributed by atoms with Crippen molar-refractivity contribution in [2.45, 2.75) is 32.9 Å². The molecule has 0 aliphatic heterocycles. The number of aliphatic carboxylic acids is 1. The lowest BCUT2D eigenvalue weighted by atomic mass is 10.2. The van der Waals surface area contributed by atoms with Gasteiger partial charge in [0.1, 0.15) is 6.04 Å². The number of carboxylic acids is 1. The van der Waals surface area contributed by atoms with Gasteiger partial charge >= 0.3 is 12.0 Å². The molecule has 1 atom stereocenters. The van der Waals surface area contributed by atoms with Gasteiger partial charge in [0, 0.05) is 18.5 Å². The topological polar surface area (TPSA) is 60.9 Å². The van der Waals surface area contributed by atoms with E-state index >= 15 is 0 Å². The van der Waals surface area contributed by atoms with E-state index in [9.17, 15) is 9.59 Å². The molecule has 1 aromatic heterocycles. The quantitative estimate of drug-likeness (QED) is 0.873. The summed E-state index contributed by atoms with van der Waals surface area (Å²) in [6.45, 7) is 4.73. The predicted octanol–water partition coefficient (Wildman–Crippen LogP) is 2.49. The van der Waals surface area contributed by atoms with Crippen LogP contribution < -0.4 is 0 Å². The SMILES string of the molecule is CCC(C(=O)O)N(C)C(=O)N(CC)Cc1cccs1. The second-order valence-corrected chi connectivity index (χ2v) is 5.28. The lowest BCUT2D eigenvalue weighted by Gasteiger charge is -2.30. The first kappa shape index (κ1) is 15.5. The maximum absolute atomic E-state index is 12.3. The molecular weight excluding hydrogens is 264 g/mol. The zero-order valence-corrected chi connectivity index (χ0v) is 12.3. The smallest absolute Gasteiger partial charge is 0.326 e. The van der Waals surface area contributed by atoms with Crippen LogP contribution in [0.4, 0.5) is 4.79 Å². The molecule has 1 unspecified atom stereocenters. The molecule has 0 aliphatic carbocycles. The van der Waals surface area contributed by atoms with Gasteiger partial charge in [0.15, 0.2) is 0 Å². The van der Waals surface area contributed by atoms with Gasteiger partial charge in [-0.15, -0.1) is 11.3 Å². The number of likely N-dealkylation sites (N-methyl/N-ethyl adjacent to an activating group) is 1. The minimum absolute atomic E-state index is 0.245. The van der Waals surface area contributed by atoms with Crippen molar-refractivity contribution in [3.05, 3.63) is 22.4 Å². The molecule has 1 N–H and O–H groups in total. The van der Waals surface area contributed by atoms with Crippen LogP contribution in [-0.4, -0.2) is 46.5 Å². The number of carbonyl (C=O) groups is 2. The normalized spacial score (nSPS) is 11.9. The van der Waals surface area contributed by atoms with Crippen molar-refractivity contribution in [2.24, 2.45) is 0 Å². The summed E-state index contributed by atoms with van der Waals surface area (Å²) in [6.07, 6.45) is 0.397. The fraction of sp³-hybridized carbons (Fsp3) is 0.538. The third-order valence-electron chi connectivity index (χ3n) is 3.02. The molecule has 0 bridgehead atoms. The molecule has 19 heavy (non-hydrogen) atoms. The zero-order valence-electron chi connectivity index (χ0n) is 11.5. The number of thiophene rings is 1. The summed E-state index contributed by atoms with van der Waals surface area (Å²) in [5, 5.41) is 11.1. The van der Waals surface area contributed by atoms with Crippen LogP contribution in [0.3, 0.4) is 0 Å². The lowest BCUT2D eigenvalue weighted by Crippen LogP contribution is -2.48. The maximum atomic E-state index is 12.3. The molecule has 2 amide bonds. The van der Waals surface area contributed by atoms with Crippen LogP contribution in [-0.2, 0) is 11.3 Å². The molecule has 0 spiro atoms. The van der Waals surface area contributed by atoms with Crippen LogP contribution in [0, 0.1) is 0 Å². The molecule has 6 heteroatoms. The Balaban J connectivity index is 2.74. The van der Waals surface area contributed by atoms with Gasteiger partial charge in [0.2, 0.25) is 0 Å². The van der Waals surface area contributed by atoms with Crippen LogP contribution in [0.1, 0.15) is 25.1 Å². The number of hydrogen-bond donors (Lipinski definition) is 1. The first-order chi connectivity index (χ1) is 9.01. The molecule has 0 fully saturated rings. The summed E-state index contributed by atoms with van der Waals surface area (Å²) < 4.78 is 0. The number of carbonyl (C=O) groups excluding carboxylic acids is 1. The van der Waals surface area contributed by atoms with Gasteiger partial charge < -0.3 is 14.9 Å². The van der Waals surface area contributed by atoms with Crippen molar-refractivity contribution >= 4 is 23.3 Å². The van der Waals surface area contributed by atoms with Gasteiger partial charge in [-0.2, -0.15) is 0 Å². The minimum Gasteiger partial charge on any atom is -0.480 e. The number of rotatable bonds is 6. The molecule has 1 aromatic rings. The number of carboxylic acid groups (broad SMARTS) is 1. The molecule has 0 saturated heterocycles. The second-order valence-electron chi connectivity index (χ2n) is 4.25. The molecule has 0 aliphatic rings. The summed E-state index contributed by atoms with van der Waals surface area (Å²) in [6, 6.07) is 2.89. The van der Waals surface area contributed by atoms with E-state index in [0.29, 0.717) is 19.5 Å². The monoisotopic (exact) mass is 284 g/mol. The van der Waals surface area contributed by atoms with Crippen LogP contribution in [0.5, 0.6) is 0 Å². The number of nitrogens with zero attached hydrogens (tertiary/aromatic N) is 2. The fourth-order valence-electron chi connectivity index (χ4n) is 1.88. The fourth-order valence-corrected chi connectivity index (χ4v) is 2.60.